The minimum atomic E-state index is 0. The molecule has 0 radical (unpaired) electrons. The van der Waals surface area contributed by atoms with E-state index in [1.54, 1.807) is 11.3 Å². The van der Waals surface area contributed by atoms with E-state index in [-0.39, 0.29) is 17.0 Å². The summed E-state index contributed by atoms with van der Waals surface area (Å²) in [6.45, 7) is 4.27. The second-order valence-corrected chi connectivity index (χ2v) is 6.85. The predicted octanol–water partition coefficient (Wildman–Crippen LogP) is 6.90. The molecule has 4 rings (SSSR count). The van der Waals surface area contributed by atoms with E-state index < -0.39 is 0 Å². The molecule has 0 spiro atoms. The Balaban J connectivity index is 0.00000182. The van der Waals surface area contributed by atoms with Crippen molar-refractivity contribution in [2.45, 2.75) is 13.8 Å². The third kappa shape index (κ3) is 3.60. The molecule has 2 nitrogen and oxygen atoms in total. The molecule has 4 heteroatoms. The Morgan fingerprint density at radius 1 is 0.880 bits per heavy atom. The molecule has 3 aromatic carbocycles. The van der Waals surface area contributed by atoms with Gasteiger partial charge in [0, 0.05) is 22.0 Å². The van der Waals surface area contributed by atoms with E-state index in [4.69, 9.17) is 4.98 Å². The van der Waals surface area contributed by atoms with Crippen LogP contribution in [0.5, 0.6) is 0 Å². The molecule has 0 amide bonds. The molecule has 0 aliphatic heterocycles. The summed E-state index contributed by atoms with van der Waals surface area (Å²) in [4.78, 5) is 4.76. The van der Waals surface area contributed by atoms with Gasteiger partial charge in [0.25, 0.3) is 0 Å². The minimum absolute atomic E-state index is 0. The van der Waals surface area contributed by atoms with Gasteiger partial charge < -0.3 is 5.32 Å². The first kappa shape index (κ1) is 17.6. The van der Waals surface area contributed by atoms with Gasteiger partial charge in [-0.1, -0.05) is 48.5 Å². The number of anilines is 2. The van der Waals surface area contributed by atoms with Gasteiger partial charge in [0.1, 0.15) is 0 Å². The van der Waals surface area contributed by atoms with Gasteiger partial charge in [-0.05, 0) is 42.5 Å². The molecule has 0 unspecified atom stereocenters. The van der Waals surface area contributed by atoms with Gasteiger partial charge in [-0.3, -0.25) is 0 Å². The molecule has 0 aliphatic carbocycles. The van der Waals surface area contributed by atoms with Crippen molar-refractivity contribution in [2.24, 2.45) is 0 Å². The Kier molecular flexibility index (Phi) is 5.21. The quantitative estimate of drug-likeness (QED) is 0.397. The van der Waals surface area contributed by atoms with Crippen LogP contribution in [0.25, 0.3) is 22.0 Å². The van der Waals surface area contributed by atoms with Gasteiger partial charge in [-0.2, -0.15) is 0 Å². The van der Waals surface area contributed by atoms with Crippen molar-refractivity contribution < 1.29 is 0 Å². The van der Waals surface area contributed by atoms with Gasteiger partial charge >= 0.3 is 0 Å². The number of fused-ring (bicyclic) bond motifs is 1. The highest BCUT2D eigenvalue weighted by Gasteiger charge is 2.07. The molecule has 4 aromatic rings. The highest BCUT2D eigenvalue weighted by Crippen LogP contribution is 2.31. The Labute approximate surface area is 162 Å². The Bertz CT molecular complexity index is 1020. The maximum Gasteiger partial charge on any atom is 0.187 e. The van der Waals surface area contributed by atoms with Crippen molar-refractivity contribution in [3.8, 4) is 11.3 Å². The number of aryl methyl sites for hydroxylation is 2. The number of hydrogen-bond donors (Lipinski definition) is 1. The van der Waals surface area contributed by atoms with Gasteiger partial charge in [-0.15, -0.1) is 28.3 Å². The second-order valence-electron chi connectivity index (χ2n) is 5.99. The first-order valence-electron chi connectivity index (χ1n) is 7.99. The molecule has 0 saturated carbocycles. The van der Waals surface area contributed by atoms with Gasteiger partial charge in [0.05, 0.1) is 5.69 Å². The van der Waals surface area contributed by atoms with Crippen molar-refractivity contribution in [3.63, 3.8) is 0 Å². The summed E-state index contributed by atoms with van der Waals surface area (Å²) in [5, 5.41) is 8.94. The number of benzene rings is 3. The number of nitrogens with zero attached hydrogens (tertiary/aromatic N) is 1. The van der Waals surface area contributed by atoms with Gasteiger partial charge in [0.15, 0.2) is 5.13 Å². The molecule has 126 valence electrons. The van der Waals surface area contributed by atoms with Gasteiger partial charge in [-0.25, -0.2) is 4.98 Å². The van der Waals surface area contributed by atoms with E-state index in [0.29, 0.717) is 0 Å². The van der Waals surface area contributed by atoms with Crippen LogP contribution in [-0.4, -0.2) is 4.98 Å². The molecular weight excluding hydrogens is 392 g/mol. The molecule has 0 aliphatic rings. The van der Waals surface area contributed by atoms with E-state index in [2.05, 4.69) is 85.2 Å². The van der Waals surface area contributed by atoms with Crippen LogP contribution in [0.4, 0.5) is 10.8 Å². The lowest BCUT2D eigenvalue weighted by atomic mass is 10.1. The lowest BCUT2D eigenvalue weighted by molar-refractivity contribution is 1.32. The zero-order valence-corrected chi connectivity index (χ0v) is 16.6. The van der Waals surface area contributed by atoms with Crippen molar-refractivity contribution in [3.05, 3.63) is 77.2 Å². The van der Waals surface area contributed by atoms with E-state index >= 15 is 0 Å². The highest BCUT2D eigenvalue weighted by atomic mass is 79.9. The van der Waals surface area contributed by atoms with Crippen LogP contribution < -0.4 is 5.32 Å². The van der Waals surface area contributed by atoms with Crippen molar-refractivity contribution in [1.29, 1.82) is 0 Å². The zero-order chi connectivity index (χ0) is 16.5. The maximum absolute atomic E-state index is 4.76. The molecular formula is C21H19BrN2S. The smallest absolute Gasteiger partial charge is 0.187 e. The number of thiazole rings is 1. The highest BCUT2D eigenvalue weighted by molar-refractivity contribution is 8.93. The average Bonchev–Trinajstić information content (AvgIpc) is 3.06. The Hall–Kier alpha value is -2.17. The number of halogens is 1. The average molecular weight is 411 g/mol. The molecule has 1 aromatic heterocycles. The maximum atomic E-state index is 4.76. The third-order valence-corrected chi connectivity index (χ3v) is 5.10. The summed E-state index contributed by atoms with van der Waals surface area (Å²) in [5.74, 6) is 0. The zero-order valence-electron chi connectivity index (χ0n) is 14.1. The number of aromatic nitrogens is 1. The summed E-state index contributed by atoms with van der Waals surface area (Å²) >= 11 is 1.64. The Morgan fingerprint density at radius 3 is 2.52 bits per heavy atom. The lowest BCUT2D eigenvalue weighted by Gasteiger charge is -2.07. The SMILES string of the molecule is Br.Cc1ccc(-c2csc(Nc3cccc4ccccc34)n2)cc1C. The topological polar surface area (TPSA) is 24.9 Å². The first-order chi connectivity index (χ1) is 11.7. The number of rotatable bonds is 3. The molecule has 0 saturated heterocycles. The van der Waals surface area contributed by atoms with E-state index in [9.17, 15) is 0 Å². The predicted molar refractivity (Wildman–Crippen MR) is 115 cm³/mol. The standard InChI is InChI=1S/C21H18N2S.BrH/c1-14-10-11-17(12-15(14)2)20-13-24-21(23-20)22-19-9-5-7-16-6-3-4-8-18(16)19;/h3-13H,1-2H3,(H,22,23);1H. The lowest BCUT2D eigenvalue weighted by Crippen LogP contribution is -1.91. The van der Waals surface area contributed by atoms with Crippen molar-refractivity contribution in [1.82, 2.24) is 4.98 Å². The number of hydrogen-bond acceptors (Lipinski definition) is 3. The minimum Gasteiger partial charge on any atom is -0.331 e. The fourth-order valence-electron chi connectivity index (χ4n) is 2.81. The van der Waals surface area contributed by atoms with Crippen molar-refractivity contribution in [2.75, 3.05) is 5.32 Å². The van der Waals surface area contributed by atoms with Crippen LogP contribution in [0.2, 0.25) is 0 Å². The van der Waals surface area contributed by atoms with Crippen LogP contribution in [-0.2, 0) is 0 Å². The van der Waals surface area contributed by atoms with Gasteiger partial charge in [0.2, 0.25) is 0 Å². The summed E-state index contributed by atoms with van der Waals surface area (Å²) < 4.78 is 0. The van der Waals surface area contributed by atoms with Crippen LogP contribution >= 0.6 is 28.3 Å². The van der Waals surface area contributed by atoms with Crippen molar-refractivity contribution >= 4 is 49.9 Å². The monoisotopic (exact) mass is 410 g/mol. The summed E-state index contributed by atoms with van der Waals surface area (Å²) in [6.07, 6.45) is 0. The molecule has 1 N–H and O–H groups in total. The molecule has 1 heterocycles. The fraction of sp³-hybridized carbons (Fsp3) is 0.0952. The molecule has 0 bridgehead atoms. The molecule has 0 fully saturated rings. The second kappa shape index (κ2) is 7.38. The largest absolute Gasteiger partial charge is 0.331 e. The molecule has 0 atom stereocenters. The fourth-order valence-corrected chi connectivity index (χ4v) is 3.55. The van der Waals surface area contributed by atoms with Crippen LogP contribution in [0.3, 0.4) is 0 Å². The Morgan fingerprint density at radius 2 is 1.68 bits per heavy atom. The first-order valence-corrected chi connectivity index (χ1v) is 8.86. The molecule has 25 heavy (non-hydrogen) atoms. The van der Waals surface area contributed by atoms with E-state index in [1.165, 1.54) is 27.5 Å². The van der Waals surface area contributed by atoms with E-state index in [0.717, 1.165) is 16.5 Å². The normalized spacial score (nSPS) is 10.5. The van der Waals surface area contributed by atoms with Crippen LogP contribution in [0.15, 0.2) is 66.0 Å². The third-order valence-electron chi connectivity index (χ3n) is 4.34. The van der Waals surface area contributed by atoms with E-state index in [1.807, 2.05) is 0 Å². The number of nitrogens with one attached hydrogen (secondary N) is 1. The summed E-state index contributed by atoms with van der Waals surface area (Å²) in [7, 11) is 0. The van der Waals surface area contributed by atoms with Crippen LogP contribution in [0.1, 0.15) is 11.1 Å². The van der Waals surface area contributed by atoms with Crippen LogP contribution in [0, 0.1) is 13.8 Å². The summed E-state index contributed by atoms with van der Waals surface area (Å²) in [5.41, 5.74) is 5.88. The summed E-state index contributed by atoms with van der Waals surface area (Å²) in [6, 6.07) is 21.2.